The number of hydrogen-bond donors (Lipinski definition) is 0. The van der Waals surface area contributed by atoms with Gasteiger partial charge in [-0.2, -0.15) is 0 Å². The lowest BCUT2D eigenvalue weighted by molar-refractivity contribution is 0.616. The minimum atomic E-state index is 0.0411. The number of hydrogen-bond acceptors (Lipinski definition) is 1. The summed E-state index contributed by atoms with van der Waals surface area (Å²) < 4.78 is 0. The molecule has 0 fully saturated rings. The van der Waals surface area contributed by atoms with E-state index < -0.39 is 0 Å². The Labute approximate surface area is 116 Å². The molecule has 0 radical (unpaired) electrons. The third kappa shape index (κ3) is 3.66. The lowest BCUT2D eigenvalue weighted by Crippen LogP contribution is -2.07. The van der Waals surface area contributed by atoms with Crippen LogP contribution in [0.4, 0.5) is 0 Å². The molecule has 0 bridgehead atoms. The molecule has 1 heterocycles. The maximum Gasteiger partial charge on any atom is 0.0343 e. The van der Waals surface area contributed by atoms with E-state index in [4.69, 9.17) is 0 Å². The monoisotopic (exact) mass is 253 g/mol. The summed E-state index contributed by atoms with van der Waals surface area (Å²) in [5.41, 5.74) is 3.86. The van der Waals surface area contributed by atoms with Crippen LogP contribution in [0.25, 0.3) is 0 Å². The first-order chi connectivity index (χ1) is 8.77. The van der Waals surface area contributed by atoms with Crippen LogP contribution >= 0.6 is 0 Å². The van der Waals surface area contributed by atoms with Crippen LogP contribution in [0.3, 0.4) is 0 Å². The van der Waals surface area contributed by atoms with Gasteiger partial charge in [0.2, 0.25) is 0 Å². The summed E-state index contributed by atoms with van der Waals surface area (Å²) >= 11 is 0. The summed E-state index contributed by atoms with van der Waals surface area (Å²) in [7, 11) is 0. The average molecular weight is 253 g/mol. The van der Waals surface area contributed by atoms with Crippen LogP contribution in [-0.4, -0.2) is 6.21 Å². The molecular weight excluding hydrogens is 230 g/mol. The Morgan fingerprint density at radius 2 is 1.53 bits per heavy atom. The molecule has 1 aliphatic heterocycles. The standard InChI is InChI=1S/C18H23N/c1-14-6-7-15(11-18(4,5)10-14)16-12-17(2,3)8-9-19-13-16/h6-13H,1-5H3. The van der Waals surface area contributed by atoms with Gasteiger partial charge in [-0.05, 0) is 18.1 Å². The Balaban J connectivity index is 2.45. The number of aliphatic imine (C=N–C) groups is 1. The van der Waals surface area contributed by atoms with Crippen molar-refractivity contribution in [2.24, 2.45) is 15.8 Å². The van der Waals surface area contributed by atoms with Gasteiger partial charge < -0.3 is 0 Å². The van der Waals surface area contributed by atoms with Crippen molar-refractivity contribution in [3.8, 4) is 0 Å². The molecule has 0 saturated heterocycles. The molecule has 0 aromatic heterocycles. The van der Waals surface area contributed by atoms with Crippen LogP contribution in [0.15, 0.2) is 64.4 Å². The van der Waals surface area contributed by atoms with E-state index in [2.05, 4.69) is 76.1 Å². The van der Waals surface area contributed by atoms with Crippen molar-refractivity contribution in [3.63, 3.8) is 0 Å². The quantitative estimate of drug-likeness (QED) is 0.623. The second kappa shape index (κ2) is 4.80. The highest BCUT2D eigenvalue weighted by atomic mass is 14.7. The van der Waals surface area contributed by atoms with Crippen molar-refractivity contribution in [2.75, 3.05) is 0 Å². The van der Waals surface area contributed by atoms with Crippen LogP contribution in [0, 0.1) is 10.8 Å². The molecule has 1 nitrogen and oxygen atoms in total. The summed E-state index contributed by atoms with van der Waals surface area (Å²) in [6.45, 7) is 11.0. The normalized spacial score (nSPS) is 24.2. The van der Waals surface area contributed by atoms with Crippen molar-refractivity contribution in [3.05, 3.63) is 59.4 Å². The molecule has 2 rings (SSSR count). The molecule has 0 atom stereocenters. The van der Waals surface area contributed by atoms with Crippen molar-refractivity contribution in [2.45, 2.75) is 34.6 Å². The van der Waals surface area contributed by atoms with E-state index in [0.29, 0.717) is 0 Å². The zero-order valence-corrected chi connectivity index (χ0v) is 12.6. The van der Waals surface area contributed by atoms with E-state index >= 15 is 0 Å². The van der Waals surface area contributed by atoms with Crippen molar-refractivity contribution in [1.29, 1.82) is 0 Å². The highest BCUT2D eigenvalue weighted by molar-refractivity contribution is 5.87. The van der Waals surface area contributed by atoms with Gasteiger partial charge in [-0.3, -0.25) is 4.99 Å². The molecule has 0 aromatic carbocycles. The van der Waals surface area contributed by atoms with E-state index in [1.165, 1.54) is 16.7 Å². The predicted octanol–water partition coefficient (Wildman–Crippen LogP) is 5.01. The van der Waals surface area contributed by atoms with Gasteiger partial charge in [-0.25, -0.2) is 0 Å². The maximum absolute atomic E-state index is 4.35. The first kappa shape index (κ1) is 13.8. The van der Waals surface area contributed by atoms with Gasteiger partial charge in [-0.1, -0.05) is 69.7 Å². The van der Waals surface area contributed by atoms with Gasteiger partial charge in [0.1, 0.15) is 0 Å². The van der Waals surface area contributed by atoms with Crippen LogP contribution in [0.1, 0.15) is 34.6 Å². The molecule has 0 aromatic rings. The van der Waals surface area contributed by atoms with Crippen molar-refractivity contribution < 1.29 is 0 Å². The molecule has 1 aliphatic carbocycles. The molecule has 0 saturated carbocycles. The minimum absolute atomic E-state index is 0.0411. The second-order valence-corrected chi connectivity index (χ2v) is 6.66. The molecule has 19 heavy (non-hydrogen) atoms. The Morgan fingerprint density at radius 1 is 0.842 bits per heavy atom. The van der Waals surface area contributed by atoms with Gasteiger partial charge in [0.25, 0.3) is 0 Å². The summed E-state index contributed by atoms with van der Waals surface area (Å²) in [5.74, 6) is 0. The van der Waals surface area contributed by atoms with Gasteiger partial charge in [0.15, 0.2) is 0 Å². The minimum Gasteiger partial charge on any atom is -0.264 e. The van der Waals surface area contributed by atoms with Crippen LogP contribution in [0.2, 0.25) is 0 Å². The van der Waals surface area contributed by atoms with Crippen LogP contribution in [0.5, 0.6) is 0 Å². The zero-order valence-electron chi connectivity index (χ0n) is 12.6. The first-order valence-corrected chi connectivity index (χ1v) is 6.82. The topological polar surface area (TPSA) is 12.4 Å². The van der Waals surface area contributed by atoms with Gasteiger partial charge >= 0.3 is 0 Å². The molecule has 0 spiro atoms. The number of rotatable bonds is 1. The zero-order chi connectivity index (χ0) is 14.1. The Hall–Kier alpha value is -1.63. The summed E-state index contributed by atoms with van der Waals surface area (Å²) in [5, 5.41) is 0. The lowest BCUT2D eigenvalue weighted by Gasteiger charge is -2.18. The fourth-order valence-electron chi connectivity index (χ4n) is 2.53. The van der Waals surface area contributed by atoms with Crippen LogP contribution in [-0.2, 0) is 0 Å². The van der Waals surface area contributed by atoms with E-state index in [9.17, 15) is 0 Å². The van der Waals surface area contributed by atoms with Crippen molar-refractivity contribution >= 4 is 6.21 Å². The van der Waals surface area contributed by atoms with E-state index in [1.807, 2.05) is 12.4 Å². The number of allylic oxidation sites excluding steroid dienone is 9. The summed E-state index contributed by atoms with van der Waals surface area (Å²) in [4.78, 5) is 4.35. The molecule has 0 unspecified atom stereocenters. The summed E-state index contributed by atoms with van der Waals surface area (Å²) in [6.07, 6.45) is 17.3. The van der Waals surface area contributed by atoms with Crippen LogP contribution < -0.4 is 0 Å². The third-order valence-electron chi connectivity index (χ3n) is 3.32. The predicted molar refractivity (Wildman–Crippen MR) is 84.3 cm³/mol. The molecule has 2 aliphatic rings. The fourth-order valence-corrected chi connectivity index (χ4v) is 2.53. The Bertz CT molecular complexity index is 546. The Kier molecular flexibility index (Phi) is 3.49. The number of nitrogens with zero attached hydrogens (tertiary/aromatic N) is 1. The molecular formula is C18H23N. The molecule has 1 heteroatoms. The van der Waals surface area contributed by atoms with Crippen molar-refractivity contribution in [1.82, 2.24) is 0 Å². The average Bonchev–Trinajstić information content (AvgIpc) is 2.51. The third-order valence-corrected chi connectivity index (χ3v) is 3.32. The highest BCUT2D eigenvalue weighted by Crippen LogP contribution is 2.32. The lowest BCUT2D eigenvalue weighted by atomic mass is 9.86. The van der Waals surface area contributed by atoms with Gasteiger partial charge in [0, 0.05) is 23.2 Å². The maximum atomic E-state index is 4.35. The van der Waals surface area contributed by atoms with E-state index in [0.717, 1.165) is 0 Å². The fraction of sp³-hybridized carbons (Fsp3) is 0.389. The molecule has 0 N–H and O–H groups in total. The highest BCUT2D eigenvalue weighted by Gasteiger charge is 2.18. The molecule has 100 valence electrons. The second-order valence-electron chi connectivity index (χ2n) is 6.66. The van der Waals surface area contributed by atoms with Gasteiger partial charge in [-0.15, -0.1) is 0 Å². The largest absolute Gasteiger partial charge is 0.264 e. The van der Waals surface area contributed by atoms with Gasteiger partial charge in [0.05, 0.1) is 0 Å². The SMILES string of the molecule is CC1=CC(C)(C)C=C(C2=CC(C)(C)C=CN=C2)C=C1. The first-order valence-electron chi connectivity index (χ1n) is 6.82. The van der Waals surface area contributed by atoms with E-state index in [-0.39, 0.29) is 10.8 Å². The Morgan fingerprint density at radius 3 is 2.26 bits per heavy atom. The smallest absolute Gasteiger partial charge is 0.0343 e. The molecule has 0 amide bonds. The van der Waals surface area contributed by atoms with E-state index in [1.54, 1.807) is 0 Å². The summed E-state index contributed by atoms with van der Waals surface area (Å²) in [6, 6.07) is 0.